The number of benzene rings is 2. The monoisotopic (exact) mass is 479 g/mol. The lowest BCUT2D eigenvalue weighted by Gasteiger charge is -2.15. The summed E-state index contributed by atoms with van der Waals surface area (Å²) < 4.78 is 76.0. The van der Waals surface area contributed by atoms with Gasteiger partial charge in [0, 0.05) is 0 Å². The van der Waals surface area contributed by atoms with Gasteiger partial charge in [0.15, 0.2) is 9.84 Å². The number of alkyl halides is 3. The number of carbonyl (C=O) groups excluding carboxylic acids is 1. The van der Waals surface area contributed by atoms with E-state index in [2.05, 4.69) is 4.74 Å². The Balaban J connectivity index is 2.05. The van der Waals surface area contributed by atoms with E-state index in [1.165, 1.54) is 41.9 Å². The molecule has 0 bridgehead atoms. The SMILES string of the molecule is O=C(NO)C(COCCO)CS(=O)(=O)c1ccc(Oc2ccc(OC(F)(F)F)cc2)cc1. The average molecular weight is 479 g/mol. The van der Waals surface area contributed by atoms with E-state index in [1.807, 2.05) is 0 Å². The Hall–Kier alpha value is -2.87. The van der Waals surface area contributed by atoms with Crippen LogP contribution in [-0.2, 0) is 19.4 Å². The molecule has 0 fully saturated rings. The van der Waals surface area contributed by atoms with E-state index >= 15 is 0 Å². The molecule has 0 radical (unpaired) electrons. The van der Waals surface area contributed by atoms with Gasteiger partial charge in [-0.2, -0.15) is 0 Å². The van der Waals surface area contributed by atoms with Crippen LogP contribution in [0.15, 0.2) is 53.4 Å². The van der Waals surface area contributed by atoms with Crippen LogP contribution in [0.1, 0.15) is 0 Å². The number of aliphatic hydroxyl groups is 1. The predicted molar refractivity (Wildman–Crippen MR) is 103 cm³/mol. The first-order chi connectivity index (χ1) is 15.0. The molecule has 0 aromatic heterocycles. The molecule has 1 unspecified atom stereocenters. The molecular formula is C19H20F3NO8S. The van der Waals surface area contributed by atoms with Gasteiger partial charge in [-0.05, 0) is 48.5 Å². The van der Waals surface area contributed by atoms with Crippen molar-refractivity contribution in [2.75, 3.05) is 25.6 Å². The molecule has 0 spiro atoms. The molecular weight excluding hydrogens is 459 g/mol. The Bertz CT molecular complexity index is 979. The van der Waals surface area contributed by atoms with Gasteiger partial charge in [-0.15, -0.1) is 13.2 Å². The third kappa shape index (κ3) is 8.00. The summed E-state index contributed by atoms with van der Waals surface area (Å²) in [6, 6.07) is 9.74. The number of rotatable bonds is 11. The van der Waals surface area contributed by atoms with Gasteiger partial charge in [0.1, 0.15) is 17.2 Å². The minimum atomic E-state index is -4.81. The number of halogens is 3. The second kappa shape index (κ2) is 11.1. The molecule has 2 rings (SSSR count). The van der Waals surface area contributed by atoms with Gasteiger partial charge in [0.2, 0.25) is 5.91 Å². The zero-order valence-electron chi connectivity index (χ0n) is 16.4. The normalized spacial score (nSPS) is 12.8. The lowest BCUT2D eigenvalue weighted by molar-refractivity contribution is -0.274. The zero-order chi connectivity index (χ0) is 23.8. The van der Waals surface area contributed by atoms with Crippen molar-refractivity contribution in [2.24, 2.45) is 5.92 Å². The van der Waals surface area contributed by atoms with Crippen molar-refractivity contribution >= 4 is 15.7 Å². The van der Waals surface area contributed by atoms with Gasteiger partial charge < -0.3 is 19.3 Å². The Kier molecular flexibility index (Phi) is 8.83. The van der Waals surface area contributed by atoms with E-state index in [-0.39, 0.29) is 36.2 Å². The van der Waals surface area contributed by atoms with Crippen LogP contribution >= 0.6 is 0 Å². The molecule has 1 amide bonds. The van der Waals surface area contributed by atoms with Crippen molar-refractivity contribution in [3.8, 4) is 17.2 Å². The quantitative estimate of drug-likeness (QED) is 0.254. The molecule has 0 aliphatic rings. The van der Waals surface area contributed by atoms with Gasteiger partial charge >= 0.3 is 6.36 Å². The summed E-state index contributed by atoms with van der Waals surface area (Å²) in [5, 5.41) is 17.5. The lowest BCUT2D eigenvalue weighted by atomic mass is 10.2. The summed E-state index contributed by atoms with van der Waals surface area (Å²) in [7, 11) is -3.96. The van der Waals surface area contributed by atoms with Crippen molar-refractivity contribution < 1.29 is 50.9 Å². The highest BCUT2D eigenvalue weighted by Crippen LogP contribution is 2.28. The molecule has 0 saturated heterocycles. The third-order valence-electron chi connectivity index (χ3n) is 3.93. The van der Waals surface area contributed by atoms with Gasteiger partial charge in [-0.1, -0.05) is 0 Å². The number of carbonyl (C=O) groups is 1. The van der Waals surface area contributed by atoms with Gasteiger partial charge in [-0.3, -0.25) is 10.0 Å². The molecule has 176 valence electrons. The standard InChI is InChI=1S/C19H20F3NO8S/c20-19(21,22)31-16-3-1-14(2-4-16)30-15-5-7-17(8-6-15)32(27,28)12-13(18(25)23-26)11-29-10-9-24/h1-8,13,24,26H,9-12H2,(H,23,25). The van der Waals surface area contributed by atoms with Crippen molar-refractivity contribution in [3.05, 3.63) is 48.5 Å². The van der Waals surface area contributed by atoms with Crippen LogP contribution in [0.5, 0.6) is 17.2 Å². The van der Waals surface area contributed by atoms with Crippen LogP contribution in [0, 0.1) is 5.92 Å². The van der Waals surface area contributed by atoms with Crippen molar-refractivity contribution in [3.63, 3.8) is 0 Å². The molecule has 1 atom stereocenters. The van der Waals surface area contributed by atoms with Crippen LogP contribution in [-0.4, -0.2) is 56.6 Å². The van der Waals surface area contributed by atoms with Crippen LogP contribution in [0.25, 0.3) is 0 Å². The van der Waals surface area contributed by atoms with Gasteiger partial charge in [-0.25, -0.2) is 13.9 Å². The Morgan fingerprint density at radius 1 is 1.00 bits per heavy atom. The first-order valence-electron chi connectivity index (χ1n) is 9.03. The van der Waals surface area contributed by atoms with E-state index < -0.39 is 39.5 Å². The van der Waals surface area contributed by atoms with E-state index in [9.17, 15) is 26.4 Å². The highest BCUT2D eigenvalue weighted by Gasteiger charge is 2.31. The smallest absolute Gasteiger partial charge is 0.457 e. The molecule has 13 heteroatoms. The minimum absolute atomic E-state index is 0.107. The highest BCUT2D eigenvalue weighted by atomic mass is 32.2. The molecule has 32 heavy (non-hydrogen) atoms. The van der Waals surface area contributed by atoms with Gasteiger partial charge in [0.05, 0.1) is 36.4 Å². The fourth-order valence-corrected chi connectivity index (χ4v) is 4.02. The predicted octanol–water partition coefficient (Wildman–Crippen LogP) is 2.28. The van der Waals surface area contributed by atoms with Crippen LogP contribution < -0.4 is 15.0 Å². The number of hydrogen-bond donors (Lipinski definition) is 3. The largest absolute Gasteiger partial charge is 0.573 e. The fraction of sp³-hybridized carbons (Fsp3) is 0.316. The second-order valence-corrected chi connectivity index (χ2v) is 8.38. The van der Waals surface area contributed by atoms with Crippen LogP contribution in [0.4, 0.5) is 13.2 Å². The molecule has 2 aromatic rings. The maximum Gasteiger partial charge on any atom is 0.573 e. The minimum Gasteiger partial charge on any atom is -0.457 e. The van der Waals surface area contributed by atoms with E-state index in [4.69, 9.17) is 19.8 Å². The number of aliphatic hydroxyl groups excluding tert-OH is 1. The number of nitrogens with one attached hydrogen (secondary N) is 1. The Labute approximate surface area is 181 Å². The van der Waals surface area contributed by atoms with Crippen molar-refractivity contribution in [1.82, 2.24) is 5.48 Å². The zero-order valence-corrected chi connectivity index (χ0v) is 17.2. The third-order valence-corrected chi connectivity index (χ3v) is 5.76. The fourth-order valence-electron chi connectivity index (χ4n) is 2.50. The topological polar surface area (TPSA) is 131 Å². The molecule has 9 nitrogen and oxygen atoms in total. The first kappa shape index (κ1) is 25.4. The van der Waals surface area contributed by atoms with Crippen LogP contribution in [0.3, 0.4) is 0 Å². The number of sulfone groups is 1. The Morgan fingerprint density at radius 2 is 1.53 bits per heavy atom. The second-order valence-electron chi connectivity index (χ2n) is 6.35. The molecule has 0 heterocycles. The number of ether oxygens (including phenoxy) is 3. The van der Waals surface area contributed by atoms with E-state index in [0.29, 0.717) is 0 Å². The summed E-state index contributed by atoms with van der Waals surface area (Å²) in [5.74, 6) is -2.85. The number of hydrogen-bond acceptors (Lipinski definition) is 8. The first-order valence-corrected chi connectivity index (χ1v) is 10.7. The van der Waals surface area contributed by atoms with E-state index in [1.54, 1.807) is 0 Å². The maximum absolute atomic E-state index is 12.6. The molecule has 0 aliphatic carbocycles. The summed E-state index contributed by atoms with van der Waals surface area (Å²) in [6.45, 7) is -0.758. The van der Waals surface area contributed by atoms with E-state index in [0.717, 1.165) is 12.1 Å². The molecule has 2 aromatic carbocycles. The summed E-state index contributed by atoms with van der Waals surface area (Å²) in [5.41, 5.74) is 1.38. The molecule has 0 aliphatic heterocycles. The number of amides is 1. The molecule has 3 N–H and O–H groups in total. The van der Waals surface area contributed by atoms with Crippen molar-refractivity contribution in [1.29, 1.82) is 0 Å². The number of hydroxylamine groups is 1. The Morgan fingerprint density at radius 3 is 2.03 bits per heavy atom. The maximum atomic E-state index is 12.6. The van der Waals surface area contributed by atoms with Gasteiger partial charge in [0.25, 0.3) is 0 Å². The van der Waals surface area contributed by atoms with Crippen LogP contribution in [0.2, 0.25) is 0 Å². The highest BCUT2D eigenvalue weighted by molar-refractivity contribution is 7.91. The average Bonchev–Trinajstić information content (AvgIpc) is 2.73. The lowest BCUT2D eigenvalue weighted by Crippen LogP contribution is -2.36. The summed E-state index contributed by atoms with van der Waals surface area (Å²) in [6.07, 6.45) is -4.81. The summed E-state index contributed by atoms with van der Waals surface area (Å²) in [4.78, 5) is 11.6. The molecule has 0 saturated carbocycles. The van der Waals surface area contributed by atoms with Crippen molar-refractivity contribution in [2.45, 2.75) is 11.3 Å². The summed E-state index contributed by atoms with van der Waals surface area (Å²) >= 11 is 0.